The number of nitrogens with zero attached hydrogens (tertiary/aromatic N) is 3. The van der Waals surface area contributed by atoms with E-state index in [4.69, 9.17) is 4.98 Å². The van der Waals surface area contributed by atoms with Crippen molar-refractivity contribution in [3.63, 3.8) is 0 Å². The van der Waals surface area contributed by atoms with Gasteiger partial charge in [0.2, 0.25) is 0 Å². The Hall–Kier alpha value is -1.39. The molecule has 2 aromatic rings. The highest BCUT2D eigenvalue weighted by molar-refractivity contribution is 5.41. The van der Waals surface area contributed by atoms with Crippen LogP contribution in [0.3, 0.4) is 0 Å². The Bertz CT molecular complexity index is 575. The van der Waals surface area contributed by atoms with E-state index in [0.717, 1.165) is 31.0 Å². The van der Waals surface area contributed by atoms with Crippen LogP contribution in [0.2, 0.25) is 0 Å². The summed E-state index contributed by atoms with van der Waals surface area (Å²) in [6.07, 6.45) is 4.29. The number of hydrogen-bond acceptors (Lipinski definition) is 3. The predicted molar refractivity (Wildman–Crippen MR) is 77.3 cm³/mol. The summed E-state index contributed by atoms with van der Waals surface area (Å²) in [5.41, 5.74) is 3.46. The summed E-state index contributed by atoms with van der Waals surface area (Å²) in [5, 5.41) is 3.51. The number of aromatic nitrogens is 2. The molecule has 2 aromatic heterocycles. The molecule has 4 nitrogen and oxygen atoms in total. The molecule has 0 aromatic carbocycles. The van der Waals surface area contributed by atoms with Gasteiger partial charge in [-0.15, -0.1) is 0 Å². The van der Waals surface area contributed by atoms with Gasteiger partial charge in [-0.1, -0.05) is 6.07 Å². The maximum atomic E-state index is 4.71. The van der Waals surface area contributed by atoms with Crippen molar-refractivity contribution in [1.29, 1.82) is 0 Å². The van der Waals surface area contributed by atoms with Crippen LogP contribution >= 0.6 is 0 Å². The summed E-state index contributed by atoms with van der Waals surface area (Å²) in [4.78, 5) is 7.22. The number of fused-ring (bicyclic) bond motifs is 1. The summed E-state index contributed by atoms with van der Waals surface area (Å²) in [5.74, 6) is 0. The highest BCUT2D eigenvalue weighted by Gasteiger charge is 2.22. The number of nitrogens with one attached hydrogen (secondary N) is 1. The van der Waals surface area contributed by atoms with Crippen LogP contribution in [0.5, 0.6) is 0 Å². The zero-order valence-corrected chi connectivity index (χ0v) is 11.9. The van der Waals surface area contributed by atoms with Gasteiger partial charge in [-0.05, 0) is 32.4 Å². The third kappa shape index (κ3) is 2.65. The first-order valence-corrected chi connectivity index (χ1v) is 7.03. The second-order valence-corrected chi connectivity index (χ2v) is 5.79. The fourth-order valence-electron chi connectivity index (χ4n) is 2.76. The Kier molecular flexibility index (Phi) is 3.29. The lowest BCUT2D eigenvalue weighted by molar-refractivity contribution is 0.137. The van der Waals surface area contributed by atoms with Crippen molar-refractivity contribution in [2.24, 2.45) is 0 Å². The molecule has 0 saturated carbocycles. The molecule has 102 valence electrons. The highest BCUT2D eigenvalue weighted by Crippen LogP contribution is 2.13. The van der Waals surface area contributed by atoms with Gasteiger partial charge in [0, 0.05) is 44.1 Å². The van der Waals surface area contributed by atoms with Gasteiger partial charge in [0.05, 0.1) is 5.69 Å². The lowest BCUT2D eigenvalue weighted by Gasteiger charge is -2.37. The van der Waals surface area contributed by atoms with Gasteiger partial charge >= 0.3 is 0 Å². The molecule has 0 spiro atoms. The molecule has 2 atom stereocenters. The van der Waals surface area contributed by atoms with E-state index in [1.807, 2.05) is 0 Å². The average molecular weight is 258 g/mol. The lowest BCUT2D eigenvalue weighted by atomic mass is 10.1. The molecule has 1 N–H and O–H groups in total. The van der Waals surface area contributed by atoms with Gasteiger partial charge < -0.3 is 9.72 Å². The lowest BCUT2D eigenvalue weighted by Crippen LogP contribution is -2.53. The number of rotatable bonds is 2. The predicted octanol–water partition coefficient (Wildman–Crippen LogP) is 1.82. The van der Waals surface area contributed by atoms with E-state index < -0.39 is 0 Å². The topological polar surface area (TPSA) is 32.6 Å². The van der Waals surface area contributed by atoms with Crippen molar-refractivity contribution in [2.45, 2.75) is 39.4 Å². The van der Waals surface area contributed by atoms with Crippen molar-refractivity contribution < 1.29 is 0 Å². The Balaban J connectivity index is 1.80. The number of hydrogen-bond donors (Lipinski definition) is 1. The SMILES string of the molecule is Cc1ccc2nc(CN3CC(C)NCC3C)cn2c1. The first kappa shape index (κ1) is 12.6. The normalized spacial score (nSPS) is 25.0. The molecule has 0 amide bonds. The fraction of sp³-hybridized carbons (Fsp3) is 0.533. The molecule has 1 saturated heterocycles. The van der Waals surface area contributed by atoms with E-state index >= 15 is 0 Å². The third-order valence-electron chi connectivity index (χ3n) is 3.91. The van der Waals surface area contributed by atoms with Gasteiger partial charge in [0.25, 0.3) is 0 Å². The molecule has 2 unspecified atom stereocenters. The highest BCUT2D eigenvalue weighted by atomic mass is 15.2. The molecule has 0 aliphatic carbocycles. The monoisotopic (exact) mass is 258 g/mol. The first-order valence-electron chi connectivity index (χ1n) is 7.03. The minimum absolute atomic E-state index is 0.565. The second-order valence-electron chi connectivity index (χ2n) is 5.79. The van der Waals surface area contributed by atoms with Crippen LogP contribution in [0, 0.1) is 6.92 Å². The quantitative estimate of drug-likeness (QED) is 0.892. The third-order valence-corrected chi connectivity index (χ3v) is 3.91. The molecule has 3 heterocycles. The summed E-state index contributed by atoms with van der Waals surface area (Å²) in [6.45, 7) is 9.72. The van der Waals surface area contributed by atoms with Crippen LogP contribution in [-0.2, 0) is 6.54 Å². The second kappa shape index (κ2) is 4.94. The fourth-order valence-corrected chi connectivity index (χ4v) is 2.76. The van der Waals surface area contributed by atoms with E-state index in [9.17, 15) is 0 Å². The van der Waals surface area contributed by atoms with Gasteiger partial charge in [-0.3, -0.25) is 4.90 Å². The van der Waals surface area contributed by atoms with E-state index in [0.29, 0.717) is 12.1 Å². The van der Waals surface area contributed by atoms with Gasteiger partial charge in [-0.25, -0.2) is 4.98 Å². The molecule has 0 radical (unpaired) electrons. The molecule has 4 heteroatoms. The number of aryl methyl sites for hydroxylation is 1. The van der Waals surface area contributed by atoms with Crippen molar-refractivity contribution in [3.05, 3.63) is 35.8 Å². The number of imidazole rings is 1. The Morgan fingerprint density at radius 2 is 2.16 bits per heavy atom. The van der Waals surface area contributed by atoms with Crippen LogP contribution in [0.25, 0.3) is 5.65 Å². The van der Waals surface area contributed by atoms with Gasteiger partial charge in [0.1, 0.15) is 5.65 Å². The molecule has 0 bridgehead atoms. The maximum absolute atomic E-state index is 4.71. The molecule has 3 rings (SSSR count). The van der Waals surface area contributed by atoms with E-state index in [1.165, 1.54) is 5.56 Å². The molecular weight excluding hydrogens is 236 g/mol. The maximum Gasteiger partial charge on any atom is 0.137 e. The Morgan fingerprint density at radius 1 is 1.32 bits per heavy atom. The zero-order valence-electron chi connectivity index (χ0n) is 11.9. The zero-order chi connectivity index (χ0) is 13.4. The van der Waals surface area contributed by atoms with Crippen LogP contribution in [0.15, 0.2) is 24.5 Å². The van der Waals surface area contributed by atoms with Crippen molar-refractivity contribution in [1.82, 2.24) is 19.6 Å². The molecule has 1 aliphatic heterocycles. The van der Waals surface area contributed by atoms with Crippen molar-refractivity contribution in [2.75, 3.05) is 13.1 Å². The summed E-state index contributed by atoms with van der Waals surface area (Å²) >= 11 is 0. The minimum Gasteiger partial charge on any atom is -0.311 e. The smallest absolute Gasteiger partial charge is 0.137 e. The van der Waals surface area contributed by atoms with Crippen LogP contribution in [-0.4, -0.2) is 39.5 Å². The Morgan fingerprint density at radius 3 is 3.00 bits per heavy atom. The first-order chi connectivity index (χ1) is 9.11. The largest absolute Gasteiger partial charge is 0.311 e. The molecule has 1 fully saturated rings. The number of pyridine rings is 1. The average Bonchev–Trinajstić information content (AvgIpc) is 2.75. The van der Waals surface area contributed by atoms with E-state index in [1.54, 1.807) is 0 Å². The van der Waals surface area contributed by atoms with E-state index in [2.05, 4.69) is 59.9 Å². The summed E-state index contributed by atoms with van der Waals surface area (Å²) in [6, 6.07) is 5.34. The van der Waals surface area contributed by atoms with E-state index in [-0.39, 0.29) is 0 Å². The standard InChI is InChI=1S/C15H22N4/c1-11-4-5-15-17-14(10-19(15)7-11)9-18-8-12(2)16-6-13(18)3/h4-5,7,10,12-13,16H,6,8-9H2,1-3H3. The van der Waals surface area contributed by atoms with Crippen LogP contribution in [0.4, 0.5) is 0 Å². The molecule has 19 heavy (non-hydrogen) atoms. The van der Waals surface area contributed by atoms with Crippen LogP contribution < -0.4 is 5.32 Å². The minimum atomic E-state index is 0.565. The Labute approximate surface area is 114 Å². The summed E-state index contributed by atoms with van der Waals surface area (Å²) < 4.78 is 2.13. The summed E-state index contributed by atoms with van der Waals surface area (Å²) in [7, 11) is 0. The van der Waals surface area contributed by atoms with Gasteiger partial charge in [-0.2, -0.15) is 0 Å². The van der Waals surface area contributed by atoms with Crippen LogP contribution in [0.1, 0.15) is 25.1 Å². The molecular formula is C15H22N4. The van der Waals surface area contributed by atoms with Crippen molar-refractivity contribution >= 4 is 5.65 Å². The number of piperazine rings is 1. The molecule has 1 aliphatic rings. The van der Waals surface area contributed by atoms with Crippen molar-refractivity contribution in [3.8, 4) is 0 Å². The van der Waals surface area contributed by atoms with Gasteiger partial charge in [0.15, 0.2) is 0 Å².